The molecule has 0 spiro atoms. The molecule has 0 aromatic heterocycles. The molecule has 4 N–H and O–H groups in total. The number of nitrogens with one attached hydrogen (secondary N) is 3. The Morgan fingerprint density at radius 2 is 1.19 bits per heavy atom. The maximum Gasteiger partial charge on any atom is 0.240 e. The van der Waals surface area contributed by atoms with Crippen molar-refractivity contribution in [2.24, 2.45) is 0 Å². The largest absolute Gasteiger partial charge is 0.395 e. The highest BCUT2D eigenvalue weighted by Crippen LogP contribution is 2.14. The second-order valence-electron chi connectivity index (χ2n) is 5.28. The van der Waals surface area contributed by atoms with Crippen LogP contribution in [0.4, 0.5) is 5.69 Å². The Kier molecular flexibility index (Phi) is 7.12. The van der Waals surface area contributed by atoms with Crippen LogP contribution in [0.15, 0.2) is 64.4 Å². The molecule has 0 heterocycles. The van der Waals surface area contributed by atoms with Gasteiger partial charge in [0.2, 0.25) is 20.0 Å². The third-order valence-corrected chi connectivity index (χ3v) is 6.32. The number of rotatable bonds is 10. The lowest BCUT2D eigenvalue weighted by Crippen LogP contribution is -2.29. The third-order valence-electron chi connectivity index (χ3n) is 3.37. The van der Waals surface area contributed by atoms with E-state index in [1.807, 2.05) is 30.3 Å². The molecule has 0 atom stereocenters. The van der Waals surface area contributed by atoms with Gasteiger partial charge in [-0.05, 0) is 36.4 Å². The molecule has 0 saturated carbocycles. The van der Waals surface area contributed by atoms with E-state index in [-0.39, 0.29) is 29.5 Å². The van der Waals surface area contributed by atoms with Crippen LogP contribution < -0.4 is 14.8 Å². The molecule has 0 fully saturated rings. The van der Waals surface area contributed by atoms with Crippen LogP contribution in [0.3, 0.4) is 0 Å². The molecule has 0 unspecified atom stereocenters. The van der Waals surface area contributed by atoms with Gasteiger partial charge in [0.15, 0.2) is 0 Å². The number of aliphatic hydroxyl groups is 1. The summed E-state index contributed by atoms with van der Waals surface area (Å²) in [6.07, 6.45) is 0. The van der Waals surface area contributed by atoms with Crippen molar-refractivity contribution in [3.05, 3.63) is 54.6 Å². The minimum atomic E-state index is -3.77. The first-order valence-electron chi connectivity index (χ1n) is 7.84. The van der Waals surface area contributed by atoms with Crippen LogP contribution >= 0.6 is 0 Å². The summed E-state index contributed by atoms with van der Waals surface area (Å²) in [5, 5.41) is 11.8. The number of sulfonamides is 2. The molecule has 142 valence electrons. The molecule has 8 nitrogen and oxygen atoms in total. The Labute approximate surface area is 153 Å². The van der Waals surface area contributed by atoms with E-state index >= 15 is 0 Å². The van der Waals surface area contributed by atoms with Crippen molar-refractivity contribution >= 4 is 25.7 Å². The van der Waals surface area contributed by atoms with Crippen LogP contribution in [0, 0.1) is 0 Å². The lowest BCUT2D eigenvalue weighted by atomic mass is 10.3. The fraction of sp³-hybridized carbons (Fsp3) is 0.250. The molecule has 0 saturated heterocycles. The smallest absolute Gasteiger partial charge is 0.240 e. The van der Waals surface area contributed by atoms with E-state index in [2.05, 4.69) is 14.8 Å². The van der Waals surface area contributed by atoms with Crippen LogP contribution in [0.25, 0.3) is 0 Å². The van der Waals surface area contributed by atoms with Crippen molar-refractivity contribution < 1.29 is 21.9 Å². The summed E-state index contributed by atoms with van der Waals surface area (Å²) in [5.74, 6) is 0. The van der Waals surface area contributed by atoms with E-state index in [0.717, 1.165) is 5.69 Å². The molecule has 2 rings (SSSR count). The monoisotopic (exact) mass is 399 g/mol. The standard InChI is InChI=1S/C16H21N3O5S2/c20-13-12-19-26(23,24)16-8-6-15(7-9-16)25(21,22)18-11-10-17-14-4-2-1-3-5-14/h1-9,17-20H,10-13H2. The fourth-order valence-electron chi connectivity index (χ4n) is 2.09. The molecule has 2 aromatic carbocycles. The van der Waals surface area contributed by atoms with Gasteiger partial charge in [0.05, 0.1) is 16.4 Å². The first-order chi connectivity index (χ1) is 12.3. The number of hydrogen-bond donors (Lipinski definition) is 4. The normalized spacial score (nSPS) is 12.0. The SMILES string of the molecule is O=S(=O)(NCCO)c1ccc(S(=O)(=O)NCCNc2ccccc2)cc1. The first kappa shape index (κ1) is 20.3. The van der Waals surface area contributed by atoms with Crippen LogP contribution in [0.1, 0.15) is 0 Å². The molecule has 2 aromatic rings. The Balaban J connectivity index is 1.94. The summed E-state index contributed by atoms with van der Waals surface area (Å²) in [6, 6.07) is 14.2. The Hall–Kier alpha value is -1.98. The molecule has 0 aliphatic carbocycles. The van der Waals surface area contributed by atoms with Crippen molar-refractivity contribution in [3.8, 4) is 0 Å². The Morgan fingerprint density at radius 1 is 0.692 bits per heavy atom. The van der Waals surface area contributed by atoms with Crippen molar-refractivity contribution in [1.29, 1.82) is 0 Å². The highest BCUT2D eigenvalue weighted by Gasteiger charge is 2.17. The summed E-state index contributed by atoms with van der Waals surface area (Å²) >= 11 is 0. The van der Waals surface area contributed by atoms with Gasteiger partial charge in [-0.15, -0.1) is 0 Å². The van der Waals surface area contributed by atoms with Gasteiger partial charge < -0.3 is 10.4 Å². The summed E-state index contributed by atoms with van der Waals surface area (Å²) in [5.41, 5.74) is 0.886. The van der Waals surface area contributed by atoms with Gasteiger partial charge in [0, 0.05) is 25.3 Å². The molecule has 0 aliphatic rings. The zero-order chi connectivity index (χ0) is 19.0. The van der Waals surface area contributed by atoms with Crippen LogP contribution in [-0.4, -0.2) is 48.2 Å². The minimum Gasteiger partial charge on any atom is -0.395 e. The van der Waals surface area contributed by atoms with Gasteiger partial charge in [-0.2, -0.15) is 0 Å². The molecule has 10 heteroatoms. The van der Waals surface area contributed by atoms with E-state index < -0.39 is 20.0 Å². The average molecular weight is 399 g/mol. The maximum atomic E-state index is 12.2. The van der Waals surface area contributed by atoms with Gasteiger partial charge in [0.25, 0.3) is 0 Å². The van der Waals surface area contributed by atoms with Gasteiger partial charge in [0.1, 0.15) is 0 Å². The third kappa shape index (κ3) is 5.78. The summed E-state index contributed by atoms with van der Waals surface area (Å²) < 4.78 is 52.9. The number of para-hydroxylation sites is 1. The summed E-state index contributed by atoms with van der Waals surface area (Å²) in [4.78, 5) is -0.103. The lowest BCUT2D eigenvalue weighted by Gasteiger charge is -2.10. The quantitative estimate of drug-likeness (QED) is 0.427. The minimum absolute atomic E-state index is 0.0293. The van der Waals surface area contributed by atoms with Gasteiger partial charge in [-0.3, -0.25) is 0 Å². The van der Waals surface area contributed by atoms with Crippen molar-refractivity contribution in [3.63, 3.8) is 0 Å². The Bertz CT molecular complexity index is 899. The molecular weight excluding hydrogens is 378 g/mol. The average Bonchev–Trinajstić information content (AvgIpc) is 2.65. The lowest BCUT2D eigenvalue weighted by molar-refractivity contribution is 0.301. The zero-order valence-electron chi connectivity index (χ0n) is 13.9. The summed E-state index contributed by atoms with van der Waals surface area (Å²) in [7, 11) is -7.51. The van der Waals surface area contributed by atoms with Gasteiger partial charge in [-0.25, -0.2) is 26.3 Å². The van der Waals surface area contributed by atoms with Crippen molar-refractivity contribution in [2.75, 3.05) is 31.6 Å². The molecule has 0 radical (unpaired) electrons. The first-order valence-corrected chi connectivity index (χ1v) is 10.8. The second kappa shape index (κ2) is 9.10. The topological polar surface area (TPSA) is 125 Å². The molecule has 0 bridgehead atoms. The van der Waals surface area contributed by atoms with Crippen LogP contribution in [-0.2, 0) is 20.0 Å². The molecule has 0 amide bonds. The molecular formula is C16H21N3O5S2. The predicted octanol–water partition coefficient (Wildman–Crippen LogP) is 0.348. The van der Waals surface area contributed by atoms with Crippen LogP contribution in [0.2, 0.25) is 0 Å². The van der Waals surface area contributed by atoms with E-state index in [0.29, 0.717) is 6.54 Å². The molecule has 0 aliphatic heterocycles. The zero-order valence-corrected chi connectivity index (χ0v) is 15.6. The predicted molar refractivity (Wildman–Crippen MR) is 98.8 cm³/mol. The maximum absolute atomic E-state index is 12.2. The van der Waals surface area contributed by atoms with Crippen LogP contribution in [0.5, 0.6) is 0 Å². The fourth-order valence-corrected chi connectivity index (χ4v) is 4.15. The van der Waals surface area contributed by atoms with Gasteiger partial charge in [-0.1, -0.05) is 18.2 Å². The van der Waals surface area contributed by atoms with Crippen molar-refractivity contribution in [1.82, 2.24) is 9.44 Å². The van der Waals surface area contributed by atoms with E-state index in [9.17, 15) is 16.8 Å². The number of benzene rings is 2. The van der Waals surface area contributed by atoms with E-state index in [1.54, 1.807) is 0 Å². The highest BCUT2D eigenvalue weighted by atomic mass is 32.2. The number of anilines is 1. The number of hydrogen-bond acceptors (Lipinski definition) is 6. The van der Waals surface area contributed by atoms with E-state index in [4.69, 9.17) is 5.11 Å². The number of aliphatic hydroxyl groups excluding tert-OH is 1. The second-order valence-corrected chi connectivity index (χ2v) is 8.82. The highest BCUT2D eigenvalue weighted by molar-refractivity contribution is 7.90. The van der Waals surface area contributed by atoms with Gasteiger partial charge >= 0.3 is 0 Å². The Morgan fingerprint density at radius 3 is 1.69 bits per heavy atom. The van der Waals surface area contributed by atoms with Crippen molar-refractivity contribution in [2.45, 2.75) is 9.79 Å². The van der Waals surface area contributed by atoms with E-state index in [1.165, 1.54) is 24.3 Å². The molecule has 26 heavy (non-hydrogen) atoms. The summed E-state index contributed by atoms with van der Waals surface area (Å²) in [6.45, 7) is 0.140.